The maximum atomic E-state index is 12.7. The minimum absolute atomic E-state index is 0.0210. The Kier molecular flexibility index (Phi) is 10.4. The molecule has 204 valence electrons. The number of carbonyl (C=O) groups excluding carboxylic acids is 1. The summed E-state index contributed by atoms with van der Waals surface area (Å²) < 4.78 is 18.5. The summed E-state index contributed by atoms with van der Waals surface area (Å²) in [6, 6.07) is 20.4. The van der Waals surface area contributed by atoms with Crippen LogP contribution in [0.1, 0.15) is 52.2 Å². The maximum Gasteiger partial charge on any atom is 0.424 e. The summed E-state index contributed by atoms with van der Waals surface area (Å²) in [6.07, 6.45) is 1.04. The third-order valence-corrected chi connectivity index (χ3v) is 12.2. The van der Waals surface area contributed by atoms with Crippen LogP contribution in [0.5, 0.6) is 0 Å². The zero-order valence-corrected chi connectivity index (χ0v) is 24.7. The van der Waals surface area contributed by atoms with Crippen LogP contribution in [0.4, 0.5) is 4.79 Å². The number of nitrogens with one attached hydrogen (secondary N) is 1. The molecular weight excluding hydrogens is 480 g/mol. The summed E-state index contributed by atoms with van der Waals surface area (Å²) in [5, 5.41) is 1.82. The Balaban J connectivity index is 1.71. The van der Waals surface area contributed by atoms with E-state index < -0.39 is 8.32 Å². The number of benzene rings is 2. The molecule has 6 nitrogen and oxygen atoms in total. The van der Waals surface area contributed by atoms with Crippen LogP contribution in [-0.2, 0) is 26.9 Å². The predicted octanol–water partition coefficient (Wildman–Crippen LogP) is 6.58. The monoisotopic (exact) mass is 526 g/mol. The van der Waals surface area contributed by atoms with Crippen LogP contribution in [0.3, 0.4) is 0 Å². The summed E-state index contributed by atoms with van der Waals surface area (Å²) in [5.74, 6) is 0.279. The summed E-state index contributed by atoms with van der Waals surface area (Å²) in [5.41, 5.74) is 5.85. The minimum atomic E-state index is -1.94. The van der Waals surface area contributed by atoms with E-state index in [4.69, 9.17) is 13.9 Å². The Hall–Kier alpha value is -2.19. The van der Waals surface area contributed by atoms with E-state index in [0.29, 0.717) is 19.8 Å². The average molecular weight is 527 g/mol. The van der Waals surface area contributed by atoms with Crippen molar-refractivity contribution >= 4 is 14.4 Å². The molecule has 0 aliphatic carbocycles. The second kappa shape index (κ2) is 13.0. The van der Waals surface area contributed by atoms with Crippen molar-refractivity contribution in [1.82, 2.24) is 10.4 Å². The van der Waals surface area contributed by atoms with Crippen molar-refractivity contribution in [1.29, 1.82) is 0 Å². The predicted molar refractivity (Wildman–Crippen MR) is 152 cm³/mol. The molecule has 0 aromatic heterocycles. The van der Waals surface area contributed by atoms with Gasteiger partial charge in [-0.1, -0.05) is 95.3 Å². The highest BCUT2D eigenvalue weighted by molar-refractivity contribution is 6.74. The van der Waals surface area contributed by atoms with Crippen molar-refractivity contribution < 1.29 is 18.7 Å². The fraction of sp³-hybridized carbons (Fsp3) is 0.567. The molecule has 37 heavy (non-hydrogen) atoms. The molecule has 2 aromatic rings. The van der Waals surface area contributed by atoms with Crippen molar-refractivity contribution in [3.8, 4) is 0 Å². The van der Waals surface area contributed by atoms with Crippen molar-refractivity contribution in [2.24, 2.45) is 5.92 Å². The Morgan fingerprint density at radius 1 is 1.03 bits per heavy atom. The number of nitrogens with zero attached hydrogens (tertiary/aromatic N) is 1. The van der Waals surface area contributed by atoms with E-state index in [1.807, 2.05) is 36.4 Å². The molecule has 1 amide bonds. The third kappa shape index (κ3) is 8.67. The van der Waals surface area contributed by atoms with Gasteiger partial charge in [-0.15, -0.1) is 0 Å². The second-order valence-electron chi connectivity index (χ2n) is 12.0. The van der Waals surface area contributed by atoms with Crippen LogP contribution in [0.2, 0.25) is 18.1 Å². The molecule has 2 aromatic carbocycles. The van der Waals surface area contributed by atoms with Gasteiger partial charge in [0, 0.05) is 6.04 Å². The Labute approximate surface area is 224 Å². The number of carbonyl (C=O) groups is 1. The van der Waals surface area contributed by atoms with E-state index in [1.165, 1.54) is 5.56 Å². The molecule has 3 atom stereocenters. The Bertz CT molecular complexity index is 963. The number of rotatable bonds is 13. The summed E-state index contributed by atoms with van der Waals surface area (Å²) >= 11 is 0. The second-order valence-corrected chi connectivity index (χ2v) is 16.8. The fourth-order valence-corrected chi connectivity index (χ4v) is 5.12. The number of amides is 1. The maximum absolute atomic E-state index is 12.7. The molecule has 7 heteroatoms. The van der Waals surface area contributed by atoms with Crippen molar-refractivity contribution in [3.63, 3.8) is 0 Å². The number of hydrogen-bond acceptors (Lipinski definition) is 5. The molecule has 0 bridgehead atoms. The summed E-state index contributed by atoms with van der Waals surface area (Å²) in [6.45, 7) is 17.1. The van der Waals surface area contributed by atoms with Crippen LogP contribution in [0.25, 0.3) is 0 Å². The van der Waals surface area contributed by atoms with Crippen LogP contribution in [0.15, 0.2) is 60.7 Å². The van der Waals surface area contributed by atoms with Gasteiger partial charge in [0.2, 0.25) is 0 Å². The first kappa shape index (κ1) is 29.4. The van der Waals surface area contributed by atoms with E-state index in [2.05, 4.69) is 77.4 Å². The zero-order chi connectivity index (χ0) is 27.1. The minimum Gasteiger partial charge on any atom is -0.446 e. The highest BCUT2D eigenvalue weighted by Gasteiger charge is 2.39. The number of cyclic esters (lactones) is 1. The first-order valence-electron chi connectivity index (χ1n) is 13.5. The highest BCUT2D eigenvalue weighted by atomic mass is 28.4. The lowest BCUT2D eigenvalue weighted by Gasteiger charge is -2.38. The van der Waals surface area contributed by atoms with E-state index >= 15 is 0 Å². The SMILES string of the molecule is CC(C)[C@@H](C[C@H](CO[Si](C)(C)C(C)(C)C)OCc1ccccc1)NN1C(=O)OC[C@@H]1Cc1ccccc1. The van der Waals surface area contributed by atoms with Gasteiger partial charge in [0.15, 0.2) is 8.32 Å². The number of ether oxygens (including phenoxy) is 2. The first-order chi connectivity index (χ1) is 17.5. The molecule has 1 aliphatic rings. The van der Waals surface area contributed by atoms with E-state index in [1.54, 1.807) is 5.01 Å². The van der Waals surface area contributed by atoms with Gasteiger partial charge in [0.25, 0.3) is 0 Å². The zero-order valence-electron chi connectivity index (χ0n) is 23.7. The van der Waals surface area contributed by atoms with Gasteiger partial charge >= 0.3 is 6.09 Å². The molecule has 0 saturated carbocycles. The lowest BCUT2D eigenvalue weighted by atomic mass is 9.98. The molecule has 1 heterocycles. The van der Waals surface area contributed by atoms with Crippen molar-refractivity contribution in [3.05, 3.63) is 71.8 Å². The largest absolute Gasteiger partial charge is 0.446 e. The van der Waals surface area contributed by atoms with E-state index in [-0.39, 0.29) is 35.2 Å². The molecule has 1 aliphatic heterocycles. The molecule has 3 rings (SSSR count). The normalized spacial score (nSPS) is 18.2. The van der Waals surface area contributed by atoms with Gasteiger partial charge in [-0.25, -0.2) is 15.2 Å². The number of hydrazine groups is 1. The average Bonchev–Trinajstić information content (AvgIpc) is 3.19. The lowest BCUT2D eigenvalue weighted by molar-refractivity contribution is -0.0134. The van der Waals surface area contributed by atoms with E-state index in [0.717, 1.165) is 18.4 Å². The van der Waals surface area contributed by atoms with Crippen LogP contribution in [0, 0.1) is 5.92 Å². The summed E-state index contributed by atoms with van der Waals surface area (Å²) in [7, 11) is -1.94. The van der Waals surface area contributed by atoms with Crippen LogP contribution < -0.4 is 5.43 Å². The molecule has 0 unspecified atom stereocenters. The Morgan fingerprint density at radius 2 is 1.62 bits per heavy atom. The molecule has 0 radical (unpaired) electrons. The third-order valence-electron chi connectivity index (χ3n) is 7.67. The van der Waals surface area contributed by atoms with Crippen molar-refractivity contribution in [2.45, 2.75) is 90.4 Å². The molecule has 1 N–H and O–H groups in total. The quantitative estimate of drug-likeness (QED) is 0.299. The standard InChI is InChI=1S/C30H46N2O4Si/c1-23(2)28(31-32-26(21-35-29(32)33)18-24-14-10-8-11-15-24)19-27(22-36-37(6,7)30(3,4)5)34-20-25-16-12-9-13-17-25/h8-17,23,26-28,31H,18-22H2,1-7H3/t26-,27+,28+/m0/s1. The molecule has 1 fully saturated rings. The van der Waals surface area contributed by atoms with Crippen LogP contribution >= 0.6 is 0 Å². The molecular formula is C30H46N2O4Si. The summed E-state index contributed by atoms with van der Waals surface area (Å²) in [4.78, 5) is 12.7. The van der Waals surface area contributed by atoms with E-state index in [9.17, 15) is 4.79 Å². The molecule has 1 saturated heterocycles. The lowest BCUT2D eigenvalue weighted by Crippen LogP contribution is -2.53. The molecule has 0 spiro atoms. The Morgan fingerprint density at radius 3 is 2.19 bits per heavy atom. The highest BCUT2D eigenvalue weighted by Crippen LogP contribution is 2.37. The van der Waals surface area contributed by atoms with Gasteiger partial charge in [0.05, 0.1) is 25.4 Å². The van der Waals surface area contributed by atoms with Gasteiger partial charge in [-0.2, -0.15) is 0 Å². The number of hydrogen-bond donors (Lipinski definition) is 1. The van der Waals surface area contributed by atoms with Crippen molar-refractivity contribution in [2.75, 3.05) is 13.2 Å². The van der Waals surface area contributed by atoms with Crippen LogP contribution in [-0.4, -0.2) is 50.8 Å². The van der Waals surface area contributed by atoms with Gasteiger partial charge in [0.1, 0.15) is 6.61 Å². The van der Waals surface area contributed by atoms with Gasteiger partial charge < -0.3 is 13.9 Å². The topological polar surface area (TPSA) is 60.0 Å². The fourth-order valence-electron chi connectivity index (χ4n) is 4.08. The van der Waals surface area contributed by atoms with Gasteiger partial charge in [-0.05, 0) is 48.0 Å². The van der Waals surface area contributed by atoms with Gasteiger partial charge in [-0.3, -0.25) is 0 Å². The first-order valence-corrected chi connectivity index (χ1v) is 16.4. The smallest absolute Gasteiger partial charge is 0.424 e.